The SMILES string of the molecule is Cl.NCCC1(CO)CC1. The Morgan fingerprint density at radius 1 is 1.44 bits per heavy atom. The second kappa shape index (κ2) is 3.40. The lowest BCUT2D eigenvalue weighted by Gasteiger charge is -2.06. The molecule has 3 N–H and O–H groups in total. The average molecular weight is 152 g/mol. The lowest BCUT2D eigenvalue weighted by molar-refractivity contribution is 0.205. The molecule has 0 aromatic rings. The van der Waals surface area contributed by atoms with Gasteiger partial charge in [0.05, 0.1) is 0 Å². The van der Waals surface area contributed by atoms with Gasteiger partial charge in [-0.05, 0) is 31.2 Å². The van der Waals surface area contributed by atoms with E-state index in [2.05, 4.69) is 0 Å². The maximum absolute atomic E-state index is 8.73. The summed E-state index contributed by atoms with van der Waals surface area (Å²) in [6, 6.07) is 0. The molecule has 0 aromatic heterocycles. The fraction of sp³-hybridized carbons (Fsp3) is 1.00. The highest BCUT2D eigenvalue weighted by atomic mass is 35.5. The van der Waals surface area contributed by atoms with Crippen molar-refractivity contribution in [3.05, 3.63) is 0 Å². The fourth-order valence-corrected chi connectivity index (χ4v) is 0.970. The van der Waals surface area contributed by atoms with Gasteiger partial charge in [-0.1, -0.05) is 0 Å². The van der Waals surface area contributed by atoms with Gasteiger partial charge in [-0.25, -0.2) is 0 Å². The summed E-state index contributed by atoms with van der Waals surface area (Å²) < 4.78 is 0. The molecule has 0 amide bonds. The first-order valence-corrected chi connectivity index (χ1v) is 3.14. The van der Waals surface area contributed by atoms with Gasteiger partial charge < -0.3 is 10.8 Å². The van der Waals surface area contributed by atoms with E-state index in [4.69, 9.17) is 10.8 Å². The zero-order chi connectivity index (χ0) is 6.04. The van der Waals surface area contributed by atoms with Gasteiger partial charge in [0, 0.05) is 6.61 Å². The molecule has 0 radical (unpaired) electrons. The van der Waals surface area contributed by atoms with Crippen molar-refractivity contribution in [2.75, 3.05) is 13.2 Å². The van der Waals surface area contributed by atoms with E-state index < -0.39 is 0 Å². The molecule has 1 saturated carbocycles. The van der Waals surface area contributed by atoms with E-state index >= 15 is 0 Å². The lowest BCUT2D eigenvalue weighted by Crippen LogP contribution is -2.12. The molecule has 0 aliphatic heterocycles. The van der Waals surface area contributed by atoms with Crippen LogP contribution in [-0.2, 0) is 0 Å². The highest BCUT2D eigenvalue weighted by molar-refractivity contribution is 5.85. The van der Waals surface area contributed by atoms with Crippen LogP contribution in [0.5, 0.6) is 0 Å². The predicted octanol–water partition coefficient (Wildman–Crippen LogP) is 0.529. The molecule has 0 saturated heterocycles. The van der Waals surface area contributed by atoms with Crippen LogP contribution in [0.25, 0.3) is 0 Å². The van der Waals surface area contributed by atoms with Crippen LogP contribution < -0.4 is 5.73 Å². The molecular weight excluding hydrogens is 138 g/mol. The van der Waals surface area contributed by atoms with Crippen molar-refractivity contribution in [1.82, 2.24) is 0 Å². The summed E-state index contributed by atoms with van der Waals surface area (Å²) in [7, 11) is 0. The number of nitrogens with two attached hydrogens (primary N) is 1. The molecule has 0 unspecified atom stereocenters. The first kappa shape index (κ1) is 9.21. The van der Waals surface area contributed by atoms with Crippen LogP contribution in [0.15, 0.2) is 0 Å². The second-order valence-corrected chi connectivity index (χ2v) is 2.70. The quantitative estimate of drug-likeness (QED) is 0.618. The van der Waals surface area contributed by atoms with E-state index in [-0.39, 0.29) is 17.8 Å². The number of halogens is 1. The Kier molecular flexibility index (Phi) is 3.48. The Balaban J connectivity index is 0.000000640. The first-order chi connectivity index (χ1) is 3.83. The first-order valence-electron chi connectivity index (χ1n) is 3.14. The third-order valence-electron chi connectivity index (χ3n) is 1.97. The van der Waals surface area contributed by atoms with E-state index in [0.29, 0.717) is 6.61 Å². The van der Waals surface area contributed by atoms with Crippen LogP contribution in [0, 0.1) is 5.41 Å². The van der Waals surface area contributed by atoms with Gasteiger partial charge in [-0.3, -0.25) is 0 Å². The molecule has 0 spiro atoms. The minimum absolute atomic E-state index is 0. The lowest BCUT2D eigenvalue weighted by atomic mass is 10.1. The van der Waals surface area contributed by atoms with Crippen LogP contribution in [0.1, 0.15) is 19.3 Å². The summed E-state index contributed by atoms with van der Waals surface area (Å²) in [5.74, 6) is 0. The topological polar surface area (TPSA) is 46.2 Å². The molecule has 9 heavy (non-hydrogen) atoms. The van der Waals surface area contributed by atoms with E-state index in [0.717, 1.165) is 13.0 Å². The molecule has 1 aliphatic rings. The molecule has 2 nitrogen and oxygen atoms in total. The number of aliphatic hydroxyl groups is 1. The van der Waals surface area contributed by atoms with Crippen molar-refractivity contribution < 1.29 is 5.11 Å². The van der Waals surface area contributed by atoms with Crippen molar-refractivity contribution in [1.29, 1.82) is 0 Å². The molecule has 56 valence electrons. The zero-order valence-corrected chi connectivity index (χ0v) is 6.28. The molecule has 1 aliphatic carbocycles. The normalized spacial score (nSPS) is 20.7. The summed E-state index contributed by atoms with van der Waals surface area (Å²) in [4.78, 5) is 0. The standard InChI is InChI=1S/C6H13NO.ClH/c7-4-3-6(5-8)1-2-6;/h8H,1-5,7H2;1H. The zero-order valence-electron chi connectivity index (χ0n) is 5.47. The average Bonchev–Trinajstić information content (AvgIpc) is 2.50. The van der Waals surface area contributed by atoms with Crippen LogP contribution >= 0.6 is 12.4 Å². The van der Waals surface area contributed by atoms with E-state index in [1.54, 1.807) is 0 Å². The monoisotopic (exact) mass is 151 g/mol. The third-order valence-corrected chi connectivity index (χ3v) is 1.97. The van der Waals surface area contributed by atoms with Crippen LogP contribution in [0.3, 0.4) is 0 Å². The van der Waals surface area contributed by atoms with E-state index in [1.165, 1.54) is 12.8 Å². The van der Waals surface area contributed by atoms with Crippen molar-refractivity contribution in [2.24, 2.45) is 11.1 Å². The minimum atomic E-state index is 0. The van der Waals surface area contributed by atoms with Crippen molar-refractivity contribution in [2.45, 2.75) is 19.3 Å². The summed E-state index contributed by atoms with van der Waals surface area (Å²) in [6.45, 7) is 1.06. The Morgan fingerprint density at radius 2 is 2.00 bits per heavy atom. The van der Waals surface area contributed by atoms with Crippen LogP contribution in [0.2, 0.25) is 0 Å². The highest BCUT2D eigenvalue weighted by Gasteiger charge is 2.40. The molecule has 1 fully saturated rings. The number of hydrogen-bond acceptors (Lipinski definition) is 2. The number of aliphatic hydroxyl groups excluding tert-OH is 1. The van der Waals surface area contributed by atoms with E-state index in [1.807, 2.05) is 0 Å². The van der Waals surface area contributed by atoms with E-state index in [9.17, 15) is 0 Å². The number of rotatable bonds is 3. The van der Waals surface area contributed by atoms with Gasteiger partial charge >= 0.3 is 0 Å². The highest BCUT2D eigenvalue weighted by Crippen LogP contribution is 2.47. The molecule has 0 atom stereocenters. The molecule has 3 heteroatoms. The summed E-state index contributed by atoms with van der Waals surface area (Å²) in [5, 5.41) is 8.73. The molecule has 1 rings (SSSR count). The Bertz CT molecular complexity index is 83.1. The van der Waals surface area contributed by atoms with Crippen molar-refractivity contribution in [3.8, 4) is 0 Å². The van der Waals surface area contributed by atoms with Crippen molar-refractivity contribution >= 4 is 12.4 Å². The Labute approximate surface area is 61.8 Å². The second-order valence-electron chi connectivity index (χ2n) is 2.70. The van der Waals surface area contributed by atoms with Gasteiger partial charge in [0.25, 0.3) is 0 Å². The summed E-state index contributed by atoms with van der Waals surface area (Å²) in [5.41, 5.74) is 5.59. The minimum Gasteiger partial charge on any atom is -0.396 e. The largest absolute Gasteiger partial charge is 0.396 e. The maximum atomic E-state index is 8.73. The molecule has 0 aromatic carbocycles. The van der Waals surface area contributed by atoms with Gasteiger partial charge in [-0.15, -0.1) is 12.4 Å². The van der Waals surface area contributed by atoms with Gasteiger partial charge in [-0.2, -0.15) is 0 Å². The smallest absolute Gasteiger partial charge is 0.0487 e. The van der Waals surface area contributed by atoms with Crippen molar-refractivity contribution in [3.63, 3.8) is 0 Å². The van der Waals surface area contributed by atoms with Crippen LogP contribution in [0.4, 0.5) is 0 Å². The van der Waals surface area contributed by atoms with Gasteiger partial charge in [0.15, 0.2) is 0 Å². The summed E-state index contributed by atoms with van der Waals surface area (Å²) in [6.07, 6.45) is 3.37. The van der Waals surface area contributed by atoms with Gasteiger partial charge in [0.1, 0.15) is 0 Å². The predicted molar refractivity (Wildman–Crippen MR) is 39.7 cm³/mol. The molecular formula is C6H14ClNO. The van der Waals surface area contributed by atoms with Crippen LogP contribution in [-0.4, -0.2) is 18.3 Å². The molecule has 0 bridgehead atoms. The molecule has 0 heterocycles. The third kappa shape index (κ3) is 2.12. The van der Waals surface area contributed by atoms with Gasteiger partial charge in [0.2, 0.25) is 0 Å². The number of hydrogen-bond donors (Lipinski definition) is 2. The Morgan fingerprint density at radius 3 is 2.11 bits per heavy atom. The summed E-state index contributed by atoms with van der Waals surface area (Å²) >= 11 is 0. The fourth-order valence-electron chi connectivity index (χ4n) is 0.970. The Hall–Kier alpha value is 0.210. The maximum Gasteiger partial charge on any atom is 0.0487 e.